The minimum absolute atomic E-state index is 0.0163. The quantitative estimate of drug-likeness (QED) is 0.824. The van der Waals surface area contributed by atoms with E-state index in [0.29, 0.717) is 13.0 Å². The molecule has 1 fully saturated rings. The number of amides is 1. The summed E-state index contributed by atoms with van der Waals surface area (Å²) >= 11 is 0. The number of carbonyl (C=O) groups excluding carboxylic acids is 1. The van der Waals surface area contributed by atoms with E-state index in [4.69, 9.17) is 10.5 Å². The predicted octanol–water partition coefficient (Wildman–Crippen LogP) is 1.92. The molecule has 1 amide bonds. The Bertz CT molecular complexity index is 892. The molecule has 7 heteroatoms. The van der Waals surface area contributed by atoms with Gasteiger partial charge in [0.15, 0.2) is 0 Å². The molecule has 0 bridgehead atoms. The second-order valence-corrected chi connectivity index (χ2v) is 7.34. The lowest BCUT2D eigenvalue weighted by atomic mass is 9.87. The normalized spacial score (nSPS) is 27.4. The molecule has 0 saturated carbocycles. The molecule has 4 rings (SSSR count). The van der Waals surface area contributed by atoms with Crippen LogP contribution in [-0.4, -0.2) is 47.3 Å². The molecule has 5 nitrogen and oxygen atoms in total. The molecule has 3 N–H and O–H groups in total. The number of nitrogens with zero attached hydrogens (tertiary/aromatic N) is 1. The molecule has 28 heavy (non-hydrogen) atoms. The van der Waals surface area contributed by atoms with Gasteiger partial charge in [0.2, 0.25) is 0 Å². The van der Waals surface area contributed by atoms with Gasteiger partial charge in [-0.15, -0.1) is 0 Å². The van der Waals surface area contributed by atoms with Crippen LogP contribution in [0, 0.1) is 11.6 Å². The molecule has 0 spiro atoms. The third kappa shape index (κ3) is 3.41. The highest BCUT2D eigenvalue weighted by Crippen LogP contribution is 2.37. The Morgan fingerprint density at radius 1 is 1.18 bits per heavy atom. The Kier molecular flexibility index (Phi) is 5.14. The molecule has 2 heterocycles. The van der Waals surface area contributed by atoms with Crippen LogP contribution in [0.3, 0.4) is 0 Å². The van der Waals surface area contributed by atoms with Crippen molar-refractivity contribution in [3.63, 3.8) is 0 Å². The number of nitrogens with two attached hydrogens (primary N) is 1. The van der Waals surface area contributed by atoms with Crippen LogP contribution in [0.2, 0.25) is 0 Å². The van der Waals surface area contributed by atoms with Crippen molar-refractivity contribution in [1.29, 1.82) is 0 Å². The number of hydrogen-bond acceptors (Lipinski definition) is 4. The van der Waals surface area contributed by atoms with E-state index in [2.05, 4.69) is 0 Å². The number of carbonyl (C=O) groups is 1. The highest BCUT2D eigenvalue weighted by atomic mass is 19.1. The van der Waals surface area contributed by atoms with Crippen LogP contribution < -0.4 is 5.73 Å². The largest absolute Gasteiger partial charge is 0.389 e. The van der Waals surface area contributed by atoms with Crippen LogP contribution >= 0.6 is 0 Å². The molecule has 2 aromatic carbocycles. The van der Waals surface area contributed by atoms with E-state index < -0.39 is 35.9 Å². The van der Waals surface area contributed by atoms with Gasteiger partial charge in [-0.25, -0.2) is 8.78 Å². The second-order valence-electron chi connectivity index (χ2n) is 7.34. The van der Waals surface area contributed by atoms with Crippen molar-refractivity contribution in [2.24, 2.45) is 5.73 Å². The molecule has 2 aromatic rings. The van der Waals surface area contributed by atoms with Gasteiger partial charge < -0.3 is 20.5 Å². The van der Waals surface area contributed by atoms with Crippen molar-refractivity contribution < 1.29 is 23.4 Å². The maximum absolute atomic E-state index is 14.7. The number of ether oxygens (including phenoxy) is 1. The monoisotopic (exact) mass is 388 g/mol. The highest BCUT2D eigenvalue weighted by Gasteiger charge is 2.39. The number of aliphatic hydroxyl groups is 1. The smallest absolute Gasteiger partial charge is 0.252 e. The molecule has 0 aromatic heterocycles. The van der Waals surface area contributed by atoms with E-state index in [1.807, 2.05) is 24.3 Å². The average molecular weight is 388 g/mol. The zero-order valence-electron chi connectivity index (χ0n) is 15.2. The maximum Gasteiger partial charge on any atom is 0.252 e. The van der Waals surface area contributed by atoms with Crippen molar-refractivity contribution >= 4 is 5.91 Å². The molecule has 148 valence electrons. The van der Waals surface area contributed by atoms with Crippen LogP contribution in [0.15, 0.2) is 42.5 Å². The van der Waals surface area contributed by atoms with Crippen LogP contribution in [-0.2, 0) is 16.0 Å². The summed E-state index contributed by atoms with van der Waals surface area (Å²) in [6, 6.07) is 9.73. The standard InChI is InChI=1S/C21H22F2N2O3/c22-13-5-6-15(16(23)9-13)20-14-4-2-1-3-12(14)7-8-25(20)21(27)19-10-17(24)18(26)11-28-19/h1-6,9,17-20,26H,7-8,10-11,24H2/t17-,18+,19+,20+/m0/s1. The summed E-state index contributed by atoms with van der Waals surface area (Å²) < 4.78 is 33.6. The van der Waals surface area contributed by atoms with E-state index in [-0.39, 0.29) is 24.5 Å². The van der Waals surface area contributed by atoms with Gasteiger partial charge in [0, 0.05) is 30.6 Å². The Labute approximate surface area is 161 Å². The average Bonchev–Trinajstić information content (AvgIpc) is 2.69. The van der Waals surface area contributed by atoms with E-state index in [0.717, 1.165) is 17.2 Å². The lowest BCUT2D eigenvalue weighted by molar-refractivity contribution is -0.154. The Hall–Kier alpha value is -2.35. The van der Waals surface area contributed by atoms with E-state index in [1.54, 1.807) is 4.90 Å². The van der Waals surface area contributed by atoms with E-state index in [9.17, 15) is 18.7 Å². The number of rotatable bonds is 2. The fourth-order valence-electron chi connectivity index (χ4n) is 4.03. The van der Waals surface area contributed by atoms with Gasteiger partial charge in [0.1, 0.15) is 17.7 Å². The number of aliphatic hydroxyl groups excluding tert-OH is 1. The van der Waals surface area contributed by atoms with Crippen LogP contribution in [0.1, 0.15) is 29.2 Å². The minimum Gasteiger partial charge on any atom is -0.389 e. The third-order valence-electron chi connectivity index (χ3n) is 5.55. The fourth-order valence-corrected chi connectivity index (χ4v) is 4.03. The first-order valence-corrected chi connectivity index (χ1v) is 9.34. The first kappa shape index (κ1) is 19.0. The molecule has 2 aliphatic heterocycles. The van der Waals surface area contributed by atoms with Crippen molar-refractivity contribution in [2.75, 3.05) is 13.2 Å². The van der Waals surface area contributed by atoms with Crippen LogP contribution in [0.25, 0.3) is 0 Å². The van der Waals surface area contributed by atoms with Crippen molar-refractivity contribution in [3.05, 3.63) is 70.8 Å². The summed E-state index contributed by atoms with van der Waals surface area (Å²) in [7, 11) is 0. The first-order valence-electron chi connectivity index (χ1n) is 9.34. The lowest BCUT2D eigenvalue weighted by Crippen LogP contribution is -2.53. The van der Waals surface area contributed by atoms with Gasteiger partial charge in [0.05, 0.1) is 18.8 Å². The van der Waals surface area contributed by atoms with Crippen molar-refractivity contribution in [3.8, 4) is 0 Å². The van der Waals surface area contributed by atoms with Gasteiger partial charge in [-0.3, -0.25) is 4.79 Å². The molecular weight excluding hydrogens is 366 g/mol. The predicted molar refractivity (Wildman–Crippen MR) is 98.4 cm³/mol. The van der Waals surface area contributed by atoms with Gasteiger partial charge in [-0.2, -0.15) is 0 Å². The summed E-state index contributed by atoms with van der Waals surface area (Å²) in [5.74, 6) is -1.67. The van der Waals surface area contributed by atoms with E-state index >= 15 is 0 Å². The maximum atomic E-state index is 14.7. The van der Waals surface area contributed by atoms with Gasteiger partial charge in [-0.1, -0.05) is 30.3 Å². The summed E-state index contributed by atoms with van der Waals surface area (Å²) in [6.07, 6.45) is -0.787. The molecule has 0 unspecified atom stereocenters. The van der Waals surface area contributed by atoms with Crippen LogP contribution in [0.4, 0.5) is 8.78 Å². The Morgan fingerprint density at radius 3 is 2.71 bits per heavy atom. The SMILES string of the molecule is N[C@H]1C[C@H](C(=O)N2CCc3ccccc3[C@@H]2c2ccc(F)cc2F)OC[C@H]1O. The second kappa shape index (κ2) is 7.58. The fraction of sp³-hybridized carbons (Fsp3) is 0.381. The van der Waals surface area contributed by atoms with E-state index in [1.165, 1.54) is 12.1 Å². The van der Waals surface area contributed by atoms with Gasteiger partial charge in [0.25, 0.3) is 5.91 Å². The third-order valence-corrected chi connectivity index (χ3v) is 5.55. The first-order chi connectivity index (χ1) is 13.5. The molecule has 2 aliphatic rings. The zero-order chi connectivity index (χ0) is 19.8. The molecule has 0 radical (unpaired) electrons. The molecule has 1 saturated heterocycles. The number of benzene rings is 2. The summed E-state index contributed by atoms with van der Waals surface area (Å²) in [5.41, 5.74) is 7.97. The van der Waals surface area contributed by atoms with Crippen molar-refractivity contribution in [2.45, 2.75) is 37.1 Å². The molecule has 0 aliphatic carbocycles. The zero-order valence-corrected chi connectivity index (χ0v) is 15.2. The highest BCUT2D eigenvalue weighted by molar-refractivity contribution is 5.82. The summed E-state index contributed by atoms with van der Waals surface area (Å²) in [4.78, 5) is 14.8. The minimum atomic E-state index is -0.809. The summed E-state index contributed by atoms with van der Waals surface area (Å²) in [6.45, 7) is 0.368. The van der Waals surface area contributed by atoms with Gasteiger partial charge >= 0.3 is 0 Å². The molecule has 4 atom stereocenters. The van der Waals surface area contributed by atoms with Crippen molar-refractivity contribution in [1.82, 2.24) is 4.90 Å². The number of halogens is 2. The molecular formula is C21H22F2N2O3. The van der Waals surface area contributed by atoms with Crippen LogP contribution in [0.5, 0.6) is 0 Å². The number of fused-ring (bicyclic) bond motifs is 1. The summed E-state index contributed by atoms with van der Waals surface area (Å²) in [5, 5.41) is 9.75. The van der Waals surface area contributed by atoms with Gasteiger partial charge in [-0.05, 0) is 23.6 Å². The Morgan fingerprint density at radius 2 is 1.96 bits per heavy atom. The lowest BCUT2D eigenvalue weighted by Gasteiger charge is -2.41. The number of hydrogen-bond donors (Lipinski definition) is 2. The topological polar surface area (TPSA) is 75.8 Å². The Balaban J connectivity index is 1.72.